The van der Waals surface area contributed by atoms with Gasteiger partial charge in [0.2, 0.25) is 5.91 Å². The minimum absolute atomic E-state index is 0.107. The van der Waals surface area contributed by atoms with Crippen LogP contribution in [0.3, 0.4) is 0 Å². The Morgan fingerprint density at radius 2 is 2.29 bits per heavy atom. The molecule has 3 heterocycles. The molecule has 0 aliphatic carbocycles. The molecule has 1 atom stereocenters. The number of carbonyl (C=O) groups excluding carboxylic acids is 2. The van der Waals surface area contributed by atoms with Crippen LogP contribution in [0, 0.1) is 0 Å². The predicted octanol–water partition coefficient (Wildman–Crippen LogP) is 0.487. The van der Waals surface area contributed by atoms with Crippen LogP contribution in [0.1, 0.15) is 29.6 Å². The standard InChI is InChI=1S/C16H21N5O3/c1-17-13(22)9-16(11-24-2)5-3-7-20(16)15(23)12-10-19-21-8-4-6-18-14(12)21/h4,6,8,10H,3,5,7,9,11H2,1-2H3,(H,17,22). The van der Waals surface area contributed by atoms with E-state index >= 15 is 0 Å². The van der Waals surface area contributed by atoms with Crippen molar-refractivity contribution in [3.05, 3.63) is 30.2 Å². The second kappa shape index (κ2) is 6.56. The number of aromatic nitrogens is 3. The van der Waals surface area contributed by atoms with E-state index in [9.17, 15) is 9.59 Å². The minimum atomic E-state index is -0.630. The second-order valence-corrected chi connectivity index (χ2v) is 6.01. The van der Waals surface area contributed by atoms with Crippen LogP contribution >= 0.6 is 0 Å². The van der Waals surface area contributed by atoms with Crippen LogP contribution in [0.5, 0.6) is 0 Å². The van der Waals surface area contributed by atoms with Crippen molar-refractivity contribution in [1.82, 2.24) is 24.8 Å². The predicted molar refractivity (Wildman–Crippen MR) is 86.5 cm³/mol. The highest BCUT2D eigenvalue weighted by atomic mass is 16.5. The van der Waals surface area contributed by atoms with E-state index in [0.717, 1.165) is 12.8 Å². The number of ether oxygens (including phenoxy) is 1. The highest BCUT2D eigenvalue weighted by Crippen LogP contribution is 2.34. The van der Waals surface area contributed by atoms with Gasteiger partial charge < -0.3 is 15.0 Å². The molecule has 1 fully saturated rings. The smallest absolute Gasteiger partial charge is 0.259 e. The molecule has 1 unspecified atom stereocenters. The highest BCUT2D eigenvalue weighted by Gasteiger charge is 2.45. The number of nitrogens with zero attached hydrogens (tertiary/aromatic N) is 4. The number of hydrogen-bond donors (Lipinski definition) is 1. The number of fused-ring (bicyclic) bond motifs is 1. The molecule has 1 aliphatic rings. The van der Waals surface area contributed by atoms with E-state index in [1.54, 1.807) is 42.0 Å². The van der Waals surface area contributed by atoms with Crippen LogP contribution in [0.4, 0.5) is 0 Å². The Hall–Kier alpha value is -2.48. The quantitative estimate of drug-likeness (QED) is 0.861. The average Bonchev–Trinajstić information content (AvgIpc) is 3.19. The van der Waals surface area contributed by atoms with Crippen LogP contribution in [0.2, 0.25) is 0 Å². The molecule has 0 aromatic carbocycles. The van der Waals surface area contributed by atoms with Gasteiger partial charge in [0, 0.05) is 33.1 Å². The lowest BCUT2D eigenvalue weighted by Crippen LogP contribution is -2.52. The number of hydrogen-bond acceptors (Lipinski definition) is 5. The van der Waals surface area contributed by atoms with Crippen molar-refractivity contribution in [2.24, 2.45) is 0 Å². The Balaban J connectivity index is 1.96. The molecule has 128 valence electrons. The molecule has 0 radical (unpaired) electrons. The first kappa shape index (κ1) is 16.4. The number of amides is 2. The molecule has 0 bridgehead atoms. The van der Waals surface area contributed by atoms with Gasteiger partial charge in [-0.2, -0.15) is 5.10 Å². The molecule has 0 saturated carbocycles. The number of methoxy groups -OCH3 is 1. The average molecular weight is 331 g/mol. The molecule has 0 spiro atoms. The molecule has 24 heavy (non-hydrogen) atoms. The van der Waals surface area contributed by atoms with Crippen molar-refractivity contribution in [3.8, 4) is 0 Å². The van der Waals surface area contributed by atoms with Crippen LogP contribution < -0.4 is 5.32 Å². The van der Waals surface area contributed by atoms with E-state index in [4.69, 9.17) is 4.74 Å². The maximum Gasteiger partial charge on any atom is 0.259 e. The van der Waals surface area contributed by atoms with Gasteiger partial charge in [-0.3, -0.25) is 9.59 Å². The third-order valence-electron chi connectivity index (χ3n) is 4.53. The first-order chi connectivity index (χ1) is 11.6. The third-order valence-corrected chi connectivity index (χ3v) is 4.53. The largest absolute Gasteiger partial charge is 0.382 e. The van der Waals surface area contributed by atoms with E-state index in [-0.39, 0.29) is 18.2 Å². The molecule has 1 N–H and O–H groups in total. The lowest BCUT2D eigenvalue weighted by atomic mass is 9.92. The summed E-state index contributed by atoms with van der Waals surface area (Å²) in [4.78, 5) is 31.1. The highest BCUT2D eigenvalue weighted by molar-refractivity contribution is 6.00. The lowest BCUT2D eigenvalue weighted by molar-refractivity contribution is -0.123. The van der Waals surface area contributed by atoms with Gasteiger partial charge in [-0.25, -0.2) is 9.50 Å². The van der Waals surface area contributed by atoms with E-state index in [2.05, 4.69) is 15.4 Å². The van der Waals surface area contributed by atoms with E-state index in [0.29, 0.717) is 24.4 Å². The summed E-state index contributed by atoms with van der Waals surface area (Å²) in [6.07, 6.45) is 6.68. The Kier molecular flexibility index (Phi) is 4.48. The summed E-state index contributed by atoms with van der Waals surface area (Å²) in [6.45, 7) is 0.905. The van der Waals surface area contributed by atoms with Gasteiger partial charge in [0.25, 0.3) is 5.91 Å². The van der Waals surface area contributed by atoms with Crippen LogP contribution in [0.15, 0.2) is 24.7 Å². The molecule has 2 aromatic heterocycles. The molecule has 8 heteroatoms. The summed E-state index contributed by atoms with van der Waals surface area (Å²) in [5.74, 6) is -0.271. The van der Waals surface area contributed by atoms with E-state index < -0.39 is 5.54 Å². The van der Waals surface area contributed by atoms with Crippen molar-refractivity contribution in [3.63, 3.8) is 0 Å². The summed E-state index contributed by atoms with van der Waals surface area (Å²) in [5.41, 5.74) is 0.324. The molecular formula is C16H21N5O3. The number of carbonyl (C=O) groups is 2. The van der Waals surface area contributed by atoms with Crippen molar-refractivity contribution >= 4 is 17.5 Å². The summed E-state index contributed by atoms with van der Waals surface area (Å²) < 4.78 is 6.92. The molecule has 2 aromatic rings. The van der Waals surface area contributed by atoms with Gasteiger partial charge in [-0.1, -0.05) is 0 Å². The summed E-state index contributed by atoms with van der Waals surface area (Å²) in [7, 11) is 3.18. The zero-order valence-electron chi connectivity index (χ0n) is 13.9. The fourth-order valence-corrected chi connectivity index (χ4v) is 3.42. The van der Waals surface area contributed by atoms with E-state index in [1.807, 2.05) is 0 Å². The zero-order chi connectivity index (χ0) is 17.2. The molecule has 1 saturated heterocycles. The van der Waals surface area contributed by atoms with Crippen LogP contribution in [-0.2, 0) is 9.53 Å². The topological polar surface area (TPSA) is 88.8 Å². The van der Waals surface area contributed by atoms with Gasteiger partial charge in [-0.15, -0.1) is 0 Å². The number of likely N-dealkylation sites (tertiary alicyclic amines) is 1. The monoisotopic (exact) mass is 331 g/mol. The fraction of sp³-hybridized carbons (Fsp3) is 0.500. The van der Waals surface area contributed by atoms with Gasteiger partial charge >= 0.3 is 0 Å². The SMILES string of the molecule is CNC(=O)CC1(COC)CCCN1C(=O)c1cnn2cccnc12. The number of rotatable bonds is 5. The molecule has 2 amide bonds. The van der Waals surface area contributed by atoms with Crippen molar-refractivity contribution in [2.75, 3.05) is 27.3 Å². The van der Waals surface area contributed by atoms with Gasteiger partial charge in [0.05, 0.1) is 24.8 Å². The molecular weight excluding hydrogens is 310 g/mol. The lowest BCUT2D eigenvalue weighted by Gasteiger charge is -2.37. The maximum atomic E-state index is 13.1. The van der Waals surface area contributed by atoms with Crippen LogP contribution in [0.25, 0.3) is 5.65 Å². The Bertz CT molecular complexity index is 759. The zero-order valence-corrected chi connectivity index (χ0v) is 13.9. The Labute approximate surface area is 139 Å². The first-order valence-corrected chi connectivity index (χ1v) is 7.91. The number of nitrogens with one attached hydrogen (secondary N) is 1. The third kappa shape index (κ3) is 2.73. The van der Waals surface area contributed by atoms with Gasteiger partial charge in [0.1, 0.15) is 5.56 Å². The summed E-state index contributed by atoms with van der Waals surface area (Å²) in [6, 6.07) is 1.75. The second-order valence-electron chi connectivity index (χ2n) is 6.01. The maximum absolute atomic E-state index is 13.1. The molecule has 1 aliphatic heterocycles. The minimum Gasteiger partial charge on any atom is -0.382 e. The summed E-state index contributed by atoms with van der Waals surface area (Å²) >= 11 is 0. The van der Waals surface area contributed by atoms with Gasteiger partial charge in [-0.05, 0) is 18.9 Å². The van der Waals surface area contributed by atoms with E-state index in [1.165, 1.54) is 6.20 Å². The molecule has 8 nitrogen and oxygen atoms in total. The van der Waals surface area contributed by atoms with Crippen LogP contribution in [-0.4, -0.2) is 64.2 Å². The summed E-state index contributed by atoms with van der Waals surface area (Å²) in [5, 5.41) is 6.82. The molecule has 3 rings (SSSR count). The fourth-order valence-electron chi connectivity index (χ4n) is 3.42. The Morgan fingerprint density at radius 3 is 3.04 bits per heavy atom. The van der Waals surface area contributed by atoms with Crippen molar-refractivity contribution < 1.29 is 14.3 Å². The van der Waals surface area contributed by atoms with Crippen molar-refractivity contribution in [2.45, 2.75) is 24.8 Å². The Morgan fingerprint density at radius 1 is 1.46 bits per heavy atom. The van der Waals surface area contributed by atoms with Gasteiger partial charge in [0.15, 0.2) is 5.65 Å². The van der Waals surface area contributed by atoms with Crippen molar-refractivity contribution in [1.29, 1.82) is 0 Å². The first-order valence-electron chi connectivity index (χ1n) is 7.91. The normalized spacial score (nSPS) is 20.5.